The Bertz CT molecular complexity index is 462. The molecule has 1 aromatic carbocycles. The molecule has 2 N–H and O–H groups in total. The van der Waals surface area contributed by atoms with Crippen LogP contribution >= 0.6 is 0 Å². The van der Waals surface area contributed by atoms with Crippen molar-refractivity contribution in [3.05, 3.63) is 29.3 Å². The van der Waals surface area contributed by atoms with E-state index in [1.807, 2.05) is 5.32 Å². The molecule has 4 nitrogen and oxygen atoms in total. The van der Waals surface area contributed by atoms with Crippen LogP contribution in [-0.4, -0.2) is 23.7 Å². The predicted octanol–water partition coefficient (Wildman–Crippen LogP) is 2.12. The van der Waals surface area contributed by atoms with Gasteiger partial charge in [-0.25, -0.2) is 13.6 Å². The molecule has 1 aliphatic heterocycles. The van der Waals surface area contributed by atoms with E-state index in [1.54, 1.807) is 13.0 Å². The number of carbonyl (C=O) groups excluding carboxylic acids is 1. The van der Waals surface area contributed by atoms with Crippen LogP contribution in [0.5, 0.6) is 5.75 Å². The van der Waals surface area contributed by atoms with Crippen LogP contribution in [0.15, 0.2) is 18.2 Å². The van der Waals surface area contributed by atoms with E-state index in [2.05, 4.69) is 4.74 Å². The first-order chi connectivity index (χ1) is 7.90. The van der Waals surface area contributed by atoms with Gasteiger partial charge in [-0.3, -0.25) is 0 Å². The lowest BCUT2D eigenvalue weighted by atomic mass is 9.98. The summed E-state index contributed by atoms with van der Waals surface area (Å²) in [7, 11) is 0. The maximum Gasteiger partial charge on any atom is 0.408 e. The highest BCUT2D eigenvalue weighted by Crippen LogP contribution is 2.38. The molecule has 0 bridgehead atoms. The smallest absolute Gasteiger partial charge is 0.408 e. The highest BCUT2D eigenvalue weighted by Gasteiger charge is 2.47. The summed E-state index contributed by atoms with van der Waals surface area (Å²) in [4.78, 5) is 11.0. The molecule has 1 amide bonds. The summed E-state index contributed by atoms with van der Waals surface area (Å²) in [5.74, 6) is -3.52. The number of ether oxygens (including phenoxy) is 1. The van der Waals surface area contributed by atoms with Crippen molar-refractivity contribution < 1.29 is 23.4 Å². The molecular weight excluding hydrogens is 232 g/mol. The summed E-state index contributed by atoms with van der Waals surface area (Å²) in [6.45, 7) is 0.737. The van der Waals surface area contributed by atoms with Crippen LogP contribution in [0.2, 0.25) is 0 Å². The molecule has 0 radical (unpaired) electrons. The summed E-state index contributed by atoms with van der Waals surface area (Å²) >= 11 is 0. The predicted molar refractivity (Wildman–Crippen MR) is 55.0 cm³/mol. The van der Waals surface area contributed by atoms with Crippen LogP contribution in [0.25, 0.3) is 0 Å². The molecule has 1 saturated heterocycles. The number of carbonyl (C=O) groups is 1. The molecule has 6 heteroatoms. The molecule has 92 valence electrons. The molecule has 0 aliphatic carbocycles. The van der Waals surface area contributed by atoms with Gasteiger partial charge in [-0.1, -0.05) is 12.1 Å². The number of alkyl carbamates (subject to hydrolysis) is 1. The van der Waals surface area contributed by atoms with Crippen molar-refractivity contribution >= 4 is 6.09 Å². The number of rotatable bonds is 1. The fourth-order valence-corrected chi connectivity index (χ4v) is 1.71. The van der Waals surface area contributed by atoms with Crippen LogP contribution in [-0.2, 0) is 4.74 Å². The third kappa shape index (κ3) is 2.15. The maximum atomic E-state index is 13.6. The Morgan fingerprint density at radius 2 is 2.24 bits per heavy atom. The lowest BCUT2D eigenvalue weighted by Gasteiger charge is -2.32. The second kappa shape index (κ2) is 3.87. The van der Waals surface area contributed by atoms with Crippen molar-refractivity contribution in [2.24, 2.45) is 0 Å². The topological polar surface area (TPSA) is 58.6 Å². The first-order valence-corrected chi connectivity index (χ1v) is 5.01. The molecule has 1 atom stereocenters. The molecule has 2 rings (SSSR count). The molecule has 1 aromatic rings. The normalized spacial score (nSPS) is 22.8. The number of alkyl halides is 2. The van der Waals surface area contributed by atoms with Crippen molar-refractivity contribution in [3.63, 3.8) is 0 Å². The zero-order valence-corrected chi connectivity index (χ0v) is 9.04. The molecule has 17 heavy (non-hydrogen) atoms. The Balaban J connectivity index is 2.39. The van der Waals surface area contributed by atoms with Gasteiger partial charge in [-0.2, -0.15) is 0 Å². The minimum Gasteiger partial charge on any atom is -0.508 e. The lowest BCUT2D eigenvalue weighted by Crippen LogP contribution is -2.49. The fraction of sp³-hybridized carbons (Fsp3) is 0.364. The van der Waals surface area contributed by atoms with E-state index in [0.717, 1.165) is 5.56 Å². The number of hydrogen-bond acceptors (Lipinski definition) is 3. The quantitative estimate of drug-likeness (QED) is 0.794. The largest absolute Gasteiger partial charge is 0.508 e. The van der Waals surface area contributed by atoms with Crippen molar-refractivity contribution in [1.82, 2.24) is 5.32 Å². The van der Waals surface area contributed by atoms with Crippen molar-refractivity contribution in [2.45, 2.75) is 18.9 Å². The molecule has 1 fully saturated rings. The van der Waals surface area contributed by atoms with E-state index in [9.17, 15) is 18.7 Å². The van der Waals surface area contributed by atoms with E-state index in [1.165, 1.54) is 12.1 Å². The van der Waals surface area contributed by atoms with Gasteiger partial charge in [0.2, 0.25) is 0 Å². The first kappa shape index (κ1) is 11.6. The van der Waals surface area contributed by atoms with Gasteiger partial charge in [-0.05, 0) is 18.6 Å². The van der Waals surface area contributed by atoms with Gasteiger partial charge in [-0.15, -0.1) is 0 Å². The number of halogens is 2. The Labute approximate surface area is 96.2 Å². The van der Waals surface area contributed by atoms with Crippen LogP contribution in [0.4, 0.5) is 13.6 Å². The van der Waals surface area contributed by atoms with Crippen LogP contribution in [0, 0.1) is 6.92 Å². The Kier molecular flexibility index (Phi) is 2.65. The van der Waals surface area contributed by atoms with Gasteiger partial charge in [0.15, 0.2) is 6.61 Å². The van der Waals surface area contributed by atoms with Crippen molar-refractivity contribution in [2.75, 3.05) is 6.61 Å². The zero-order valence-electron chi connectivity index (χ0n) is 9.04. The van der Waals surface area contributed by atoms with Crippen molar-refractivity contribution in [1.29, 1.82) is 0 Å². The number of hydrogen-bond donors (Lipinski definition) is 2. The summed E-state index contributed by atoms with van der Waals surface area (Å²) < 4.78 is 31.3. The number of benzene rings is 1. The number of amides is 1. The minimum absolute atomic E-state index is 0.0164. The van der Waals surface area contributed by atoms with Crippen LogP contribution < -0.4 is 5.32 Å². The number of cyclic esters (lactones) is 1. The minimum atomic E-state index is -3.25. The molecule has 0 spiro atoms. The second-order valence-electron chi connectivity index (χ2n) is 3.98. The maximum absolute atomic E-state index is 13.6. The Hall–Kier alpha value is -1.85. The summed E-state index contributed by atoms with van der Waals surface area (Å²) in [6, 6.07) is 2.76. The third-order valence-corrected chi connectivity index (χ3v) is 2.58. The van der Waals surface area contributed by atoms with Gasteiger partial charge < -0.3 is 15.2 Å². The van der Waals surface area contributed by atoms with Gasteiger partial charge in [0.1, 0.15) is 11.8 Å². The number of phenolic OH excluding ortho intramolecular Hbond substituents is 1. The zero-order chi connectivity index (χ0) is 12.6. The van der Waals surface area contributed by atoms with E-state index >= 15 is 0 Å². The fourth-order valence-electron chi connectivity index (χ4n) is 1.71. The second-order valence-corrected chi connectivity index (χ2v) is 3.98. The molecule has 1 aliphatic rings. The summed E-state index contributed by atoms with van der Waals surface area (Å²) in [5, 5.41) is 11.6. The summed E-state index contributed by atoms with van der Waals surface area (Å²) in [6.07, 6.45) is -0.916. The Morgan fingerprint density at radius 1 is 1.53 bits per heavy atom. The highest BCUT2D eigenvalue weighted by atomic mass is 19.3. The first-order valence-electron chi connectivity index (χ1n) is 5.01. The van der Waals surface area contributed by atoms with Gasteiger partial charge in [0.05, 0.1) is 0 Å². The number of aromatic hydroxyl groups is 1. The van der Waals surface area contributed by atoms with Crippen LogP contribution in [0.1, 0.15) is 17.2 Å². The van der Waals surface area contributed by atoms with Crippen LogP contribution in [0.3, 0.4) is 0 Å². The van der Waals surface area contributed by atoms with Gasteiger partial charge in [0, 0.05) is 5.56 Å². The SMILES string of the molecule is Cc1ccc([C@H]2NC(=O)OCC2(F)F)c(O)c1. The van der Waals surface area contributed by atoms with Crippen molar-refractivity contribution in [3.8, 4) is 5.75 Å². The monoisotopic (exact) mass is 243 g/mol. The molecule has 0 aromatic heterocycles. The van der Waals surface area contributed by atoms with Gasteiger partial charge in [0.25, 0.3) is 0 Å². The third-order valence-electron chi connectivity index (χ3n) is 2.58. The average molecular weight is 243 g/mol. The molecule has 1 heterocycles. The van der Waals surface area contributed by atoms with E-state index in [4.69, 9.17) is 0 Å². The van der Waals surface area contributed by atoms with E-state index in [-0.39, 0.29) is 11.3 Å². The molecule has 0 unspecified atom stereocenters. The highest BCUT2D eigenvalue weighted by molar-refractivity contribution is 5.69. The number of nitrogens with one attached hydrogen (secondary N) is 1. The number of aryl methyl sites for hydroxylation is 1. The van der Waals surface area contributed by atoms with Gasteiger partial charge >= 0.3 is 12.0 Å². The average Bonchev–Trinajstić information content (AvgIpc) is 2.23. The number of phenols is 1. The Morgan fingerprint density at radius 3 is 2.88 bits per heavy atom. The molecule has 0 saturated carbocycles. The molecular formula is C11H11F2NO3. The van der Waals surface area contributed by atoms with E-state index < -0.39 is 24.7 Å². The standard InChI is InChI=1S/C11H11F2NO3/c1-6-2-3-7(8(15)4-6)9-11(12,13)5-17-10(16)14-9/h2-4,9,15H,5H2,1H3,(H,14,16)/t9-/m1/s1. The summed E-state index contributed by atoms with van der Waals surface area (Å²) in [5.41, 5.74) is 0.727. The van der Waals surface area contributed by atoms with E-state index in [0.29, 0.717) is 0 Å². The lowest BCUT2D eigenvalue weighted by molar-refractivity contribution is -0.104.